The van der Waals surface area contributed by atoms with E-state index in [9.17, 15) is 4.79 Å². The number of carbonyl (C=O) groups excluding carboxylic acids is 1. The molecule has 8 heteroatoms. The van der Waals surface area contributed by atoms with Crippen LogP contribution in [0.5, 0.6) is 5.75 Å². The van der Waals surface area contributed by atoms with Crippen LogP contribution in [0.15, 0.2) is 40.2 Å². The van der Waals surface area contributed by atoms with Crippen LogP contribution in [-0.4, -0.2) is 23.3 Å². The summed E-state index contributed by atoms with van der Waals surface area (Å²) in [6.07, 6.45) is 2.21. The summed E-state index contributed by atoms with van der Waals surface area (Å²) in [7, 11) is 1.56. The molecular formula is C17H16N4O3S. The Hall–Kier alpha value is -2.87. The number of carbonyl (C=O) groups is 1. The average molecular weight is 356 g/mol. The molecule has 7 nitrogen and oxygen atoms in total. The number of urea groups is 1. The molecule has 1 saturated carbocycles. The third-order valence-electron chi connectivity index (χ3n) is 3.85. The molecule has 3 aromatic rings. The number of anilines is 2. The van der Waals surface area contributed by atoms with E-state index in [0.29, 0.717) is 28.9 Å². The largest absolute Gasteiger partial charge is 0.495 e. The summed E-state index contributed by atoms with van der Waals surface area (Å²) in [6, 6.07) is 8.66. The minimum Gasteiger partial charge on any atom is -0.495 e. The molecule has 1 aliphatic rings. The molecule has 0 spiro atoms. The van der Waals surface area contributed by atoms with E-state index in [0.717, 1.165) is 23.5 Å². The third-order valence-corrected chi connectivity index (χ3v) is 4.75. The molecule has 0 saturated heterocycles. The number of amides is 2. The number of aromatic nitrogens is 2. The molecule has 1 aliphatic carbocycles. The van der Waals surface area contributed by atoms with Crippen LogP contribution in [0.4, 0.5) is 16.2 Å². The highest BCUT2D eigenvalue weighted by Gasteiger charge is 2.29. The van der Waals surface area contributed by atoms with Crippen molar-refractivity contribution >= 4 is 28.7 Å². The van der Waals surface area contributed by atoms with Gasteiger partial charge in [-0.05, 0) is 36.4 Å². The fourth-order valence-electron chi connectivity index (χ4n) is 2.43. The van der Waals surface area contributed by atoms with Crippen molar-refractivity contribution in [2.24, 2.45) is 0 Å². The first kappa shape index (κ1) is 15.6. The van der Waals surface area contributed by atoms with Crippen LogP contribution in [0.1, 0.15) is 24.6 Å². The molecular weight excluding hydrogens is 340 g/mol. The fourth-order valence-corrected chi connectivity index (χ4v) is 3.20. The number of para-hydroxylation sites is 2. The van der Waals surface area contributed by atoms with E-state index < -0.39 is 0 Å². The van der Waals surface area contributed by atoms with E-state index in [1.165, 1.54) is 11.3 Å². The van der Waals surface area contributed by atoms with Gasteiger partial charge >= 0.3 is 6.03 Å². The lowest BCUT2D eigenvalue weighted by molar-refractivity contribution is 0.262. The third kappa shape index (κ3) is 3.34. The van der Waals surface area contributed by atoms with Crippen molar-refractivity contribution < 1.29 is 14.1 Å². The molecule has 0 atom stereocenters. The van der Waals surface area contributed by atoms with Crippen LogP contribution in [0.25, 0.3) is 10.8 Å². The predicted octanol–water partition coefficient (Wildman–Crippen LogP) is 4.33. The summed E-state index contributed by atoms with van der Waals surface area (Å²) >= 11 is 1.44. The minimum atomic E-state index is -0.369. The van der Waals surface area contributed by atoms with Gasteiger partial charge in [0.2, 0.25) is 0 Å². The molecule has 2 N–H and O–H groups in total. The topological polar surface area (TPSA) is 89.3 Å². The molecule has 0 unspecified atom stereocenters. The zero-order valence-electron chi connectivity index (χ0n) is 13.5. The summed E-state index contributed by atoms with van der Waals surface area (Å²) in [4.78, 5) is 17.5. The molecule has 0 aliphatic heterocycles. The Morgan fingerprint density at radius 1 is 1.24 bits per heavy atom. The highest BCUT2D eigenvalue weighted by Crippen LogP contribution is 2.40. The standard InChI is InChI=1S/C17H16N4O3S/c1-23-13-5-3-2-4-11(13)18-17(22)19-12-8-9-25-14(12)16-20-15(21-24-16)10-6-7-10/h2-5,8-10H,6-7H2,1H3,(H2,18,19,22). The number of benzene rings is 1. The number of methoxy groups -OCH3 is 1. The molecule has 128 valence electrons. The summed E-state index contributed by atoms with van der Waals surface area (Å²) < 4.78 is 10.6. The lowest BCUT2D eigenvalue weighted by Crippen LogP contribution is -2.19. The van der Waals surface area contributed by atoms with Crippen molar-refractivity contribution in [3.63, 3.8) is 0 Å². The monoisotopic (exact) mass is 356 g/mol. The van der Waals surface area contributed by atoms with Crippen molar-refractivity contribution in [3.8, 4) is 16.5 Å². The van der Waals surface area contributed by atoms with Crippen LogP contribution >= 0.6 is 11.3 Å². The Morgan fingerprint density at radius 3 is 2.84 bits per heavy atom. The maximum absolute atomic E-state index is 12.3. The van der Waals surface area contributed by atoms with E-state index in [1.54, 1.807) is 19.2 Å². The highest BCUT2D eigenvalue weighted by atomic mass is 32.1. The summed E-state index contributed by atoms with van der Waals surface area (Å²) in [5, 5.41) is 11.5. The normalized spacial score (nSPS) is 13.5. The Morgan fingerprint density at radius 2 is 2.04 bits per heavy atom. The van der Waals surface area contributed by atoms with Crippen molar-refractivity contribution in [3.05, 3.63) is 41.5 Å². The highest BCUT2D eigenvalue weighted by molar-refractivity contribution is 7.14. The lowest BCUT2D eigenvalue weighted by Gasteiger charge is -2.10. The number of rotatable bonds is 5. The van der Waals surface area contributed by atoms with Gasteiger partial charge in [-0.15, -0.1) is 11.3 Å². The Balaban J connectivity index is 1.49. The molecule has 0 radical (unpaired) electrons. The first-order valence-corrected chi connectivity index (χ1v) is 8.75. The van der Waals surface area contributed by atoms with Crippen molar-refractivity contribution in [2.45, 2.75) is 18.8 Å². The minimum absolute atomic E-state index is 0.369. The first-order chi connectivity index (χ1) is 12.2. The van der Waals surface area contributed by atoms with Gasteiger partial charge in [0.15, 0.2) is 5.82 Å². The zero-order chi connectivity index (χ0) is 17.2. The Labute approximate surface area is 148 Å². The first-order valence-electron chi connectivity index (χ1n) is 7.87. The summed E-state index contributed by atoms with van der Waals surface area (Å²) in [5.74, 6) is 2.19. The van der Waals surface area contributed by atoms with Gasteiger partial charge < -0.3 is 19.9 Å². The van der Waals surface area contributed by atoms with Gasteiger partial charge in [-0.1, -0.05) is 17.3 Å². The Bertz CT molecular complexity index is 901. The van der Waals surface area contributed by atoms with Crippen molar-refractivity contribution in [2.75, 3.05) is 17.7 Å². The zero-order valence-corrected chi connectivity index (χ0v) is 14.3. The Kier molecular flexibility index (Phi) is 4.10. The van der Waals surface area contributed by atoms with Crippen LogP contribution in [0.2, 0.25) is 0 Å². The van der Waals surface area contributed by atoms with Crippen LogP contribution < -0.4 is 15.4 Å². The second kappa shape index (κ2) is 6.56. The number of thiophene rings is 1. The van der Waals surface area contributed by atoms with Crippen molar-refractivity contribution in [1.82, 2.24) is 10.1 Å². The number of hydrogen-bond acceptors (Lipinski definition) is 6. The van der Waals surface area contributed by atoms with Crippen molar-refractivity contribution in [1.29, 1.82) is 0 Å². The van der Waals surface area contributed by atoms with Gasteiger partial charge in [0, 0.05) is 5.92 Å². The predicted molar refractivity (Wildman–Crippen MR) is 95.2 cm³/mol. The molecule has 2 aromatic heterocycles. The van der Waals surface area contributed by atoms with Gasteiger partial charge in [0.05, 0.1) is 18.5 Å². The molecule has 2 amide bonds. The van der Waals surface area contributed by atoms with E-state index in [4.69, 9.17) is 9.26 Å². The summed E-state index contributed by atoms with van der Waals surface area (Å²) in [5.41, 5.74) is 1.22. The molecule has 2 heterocycles. The van der Waals surface area contributed by atoms with Crippen LogP contribution in [0.3, 0.4) is 0 Å². The van der Waals surface area contributed by atoms with E-state index in [-0.39, 0.29) is 6.03 Å². The molecule has 4 rings (SSSR count). The van der Waals surface area contributed by atoms with Crippen LogP contribution in [0, 0.1) is 0 Å². The number of hydrogen-bond donors (Lipinski definition) is 2. The molecule has 25 heavy (non-hydrogen) atoms. The fraction of sp³-hybridized carbons (Fsp3) is 0.235. The molecule has 1 fully saturated rings. The molecule has 1 aromatic carbocycles. The molecule has 0 bridgehead atoms. The van der Waals surface area contributed by atoms with E-state index in [2.05, 4.69) is 20.8 Å². The van der Waals surface area contributed by atoms with Gasteiger partial charge in [0.1, 0.15) is 10.6 Å². The number of nitrogens with one attached hydrogen (secondary N) is 2. The van der Waals surface area contributed by atoms with Gasteiger partial charge in [-0.3, -0.25) is 0 Å². The number of nitrogens with zero attached hydrogens (tertiary/aromatic N) is 2. The second-order valence-corrected chi connectivity index (χ2v) is 6.59. The maximum atomic E-state index is 12.3. The van der Waals surface area contributed by atoms with E-state index >= 15 is 0 Å². The van der Waals surface area contributed by atoms with E-state index in [1.807, 2.05) is 23.6 Å². The maximum Gasteiger partial charge on any atom is 0.323 e. The van der Waals surface area contributed by atoms with Gasteiger partial charge in [-0.2, -0.15) is 4.98 Å². The smallest absolute Gasteiger partial charge is 0.323 e. The average Bonchev–Trinajstić information content (AvgIpc) is 3.17. The van der Waals surface area contributed by atoms with Gasteiger partial charge in [0.25, 0.3) is 5.89 Å². The lowest BCUT2D eigenvalue weighted by atomic mass is 10.3. The number of ether oxygens (including phenoxy) is 1. The summed E-state index contributed by atoms with van der Waals surface area (Å²) in [6.45, 7) is 0. The van der Waals surface area contributed by atoms with Crippen LogP contribution in [-0.2, 0) is 0 Å². The second-order valence-electron chi connectivity index (χ2n) is 5.67. The van der Waals surface area contributed by atoms with Gasteiger partial charge in [-0.25, -0.2) is 4.79 Å². The SMILES string of the molecule is COc1ccccc1NC(=O)Nc1ccsc1-c1nc(C2CC2)no1. The quantitative estimate of drug-likeness (QED) is 0.710.